The van der Waals surface area contributed by atoms with E-state index in [1.807, 2.05) is 0 Å². The monoisotopic (exact) mass is 337 g/mol. The van der Waals surface area contributed by atoms with Gasteiger partial charge >= 0.3 is 0 Å². The molecule has 1 aromatic rings. The van der Waals surface area contributed by atoms with E-state index in [2.05, 4.69) is 15.9 Å². The number of halogens is 1. The molecule has 4 aliphatic rings. The summed E-state index contributed by atoms with van der Waals surface area (Å²) < 4.78 is 7.62. The van der Waals surface area contributed by atoms with Crippen molar-refractivity contribution in [2.45, 2.75) is 38.5 Å². The van der Waals surface area contributed by atoms with Crippen molar-refractivity contribution in [1.29, 1.82) is 0 Å². The Bertz CT molecular complexity index is 496. The summed E-state index contributed by atoms with van der Waals surface area (Å²) in [6, 6.07) is 1.76. The molecule has 4 bridgehead atoms. The molecule has 3 nitrogen and oxygen atoms in total. The third-order valence-electron chi connectivity index (χ3n) is 5.55. The summed E-state index contributed by atoms with van der Waals surface area (Å²) >= 11 is 3.41. The first kappa shape index (κ1) is 12.9. The summed E-state index contributed by atoms with van der Waals surface area (Å²) in [5, 5.41) is 11.2. The molecule has 4 heteroatoms. The van der Waals surface area contributed by atoms with Gasteiger partial charge in [0.1, 0.15) is 10.2 Å². The molecule has 1 heterocycles. The van der Waals surface area contributed by atoms with E-state index in [9.17, 15) is 5.21 Å². The average Bonchev–Trinajstić information content (AvgIpc) is 2.36. The molecule has 108 valence electrons. The van der Waals surface area contributed by atoms with Crippen LogP contribution in [-0.2, 0) is 0 Å². The molecule has 0 spiro atoms. The van der Waals surface area contributed by atoms with Gasteiger partial charge in [0.2, 0.25) is 0 Å². The molecule has 0 aliphatic heterocycles. The first-order valence-corrected chi connectivity index (χ1v) is 8.42. The van der Waals surface area contributed by atoms with E-state index < -0.39 is 0 Å². The standard InChI is InChI=1S/C16H20BrNO2/c17-14-9-18(19)2-1-15(14)20-10-16-6-11-3-12(7-16)5-13(4-11)8-16/h1-2,9,11-13H,3-8,10H2. The first-order valence-electron chi connectivity index (χ1n) is 7.63. The van der Waals surface area contributed by atoms with Crippen LogP contribution in [0.15, 0.2) is 22.9 Å². The molecule has 4 saturated carbocycles. The van der Waals surface area contributed by atoms with Crippen molar-refractivity contribution >= 4 is 15.9 Å². The lowest BCUT2D eigenvalue weighted by Gasteiger charge is -2.56. The normalized spacial score (nSPS) is 38.1. The Kier molecular flexibility index (Phi) is 2.99. The third kappa shape index (κ3) is 2.22. The highest BCUT2D eigenvalue weighted by molar-refractivity contribution is 9.10. The molecule has 0 radical (unpaired) electrons. The van der Waals surface area contributed by atoms with Crippen LogP contribution < -0.4 is 9.47 Å². The van der Waals surface area contributed by atoms with Crippen molar-refractivity contribution in [3.8, 4) is 5.75 Å². The van der Waals surface area contributed by atoms with Gasteiger partial charge in [-0.1, -0.05) is 0 Å². The Morgan fingerprint density at radius 2 is 1.80 bits per heavy atom. The molecule has 4 fully saturated rings. The molecule has 0 saturated heterocycles. The van der Waals surface area contributed by atoms with Gasteiger partial charge in [0.05, 0.1) is 6.61 Å². The lowest BCUT2D eigenvalue weighted by atomic mass is 9.50. The molecule has 0 N–H and O–H groups in total. The summed E-state index contributed by atoms with van der Waals surface area (Å²) in [4.78, 5) is 0. The topological polar surface area (TPSA) is 36.2 Å². The van der Waals surface area contributed by atoms with Crippen LogP contribution in [0.4, 0.5) is 0 Å². The van der Waals surface area contributed by atoms with Crippen molar-refractivity contribution < 1.29 is 9.47 Å². The van der Waals surface area contributed by atoms with Crippen molar-refractivity contribution in [2.75, 3.05) is 6.61 Å². The highest BCUT2D eigenvalue weighted by Crippen LogP contribution is 2.60. The van der Waals surface area contributed by atoms with Crippen molar-refractivity contribution in [1.82, 2.24) is 0 Å². The molecule has 5 rings (SSSR count). The van der Waals surface area contributed by atoms with Gasteiger partial charge in [-0.3, -0.25) is 0 Å². The van der Waals surface area contributed by atoms with Gasteiger partial charge < -0.3 is 9.94 Å². The highest BCUT2D eigenvalue weighted by atomic mass is 79.9. The van der Waals surface area contributed by atoms with E-state index in [-0.39, 0.29) is 0 Å². The number of nitrogens with zero attached hydrogens (tertiary/aromatic N) is 1. The predicted molar refractivity (Wildman–Crippen MR) is 79.2 cm³/mol. The number of ether oxygens (including phenoxy) is 1. The fourth-order valence-corrected chi connectivity index (χ4v) is 5.70. The van der Waals surface area contributed by atoms with Gasteiger partial charge in [0, 0.05) is 11.5 Å². The van der Waals surface area contributed by atoms with Crippen molar-refractivity contribution in [3.63, 3.8) is 0 Å². The number of hydrogen-bond donors (Lipinski definition) is 0. The smallest absolute Gasteiger partial charge is 0.198 e. The van der Waals surface area contributed by atoms with Gasteiger partial charge in [-0.05, 0) is 72.2 Å². The van der Waals surface area contributed by atoms with Gasteiger partial charge in [-0.15, -0.1) is 0 Å². The molecular weight excluding hydrogens is 318 g/mol. The summed E-state index contributed by atoms with van der Waals surface area (Å²) in [5.74, 6) is 3.65. The zero-order valence-electron chi connectivity index (χ0n) is 11.6. The summed E-state index contributed by atoms with van der Waals surface area (Å²) in [6.45, 7) is 0.817. The van der Waals surface area contributed by atoms with E-state index in [1.165, 1.54) is 50.9 Å². The molecule has 20 heavy (non-hydrogen) atoms. The average molecular weight is 338 g/mol. The lowest BCUT2D eigenvalue weighted by molar-refractivity contribution is -0.606. The Hall–Kier alpha value is -0.770. The van der Waals surface area contributed by atoms with Crippen LogP contribution in [0.1, 0.15) is 38.5 Å². The fourth-order valence-electron chi connectivity index (χ4n) is 5.25. The SMILES string of the molecule is [O-][n+]1ccc(OCC23CC4CC(CC(C4)C2)C3)c(Br)c1. The minimum atomic E-state index is 0.414. The lowest BCUT2D eigenvalue weighted by Crippen LogP contribution is -2.48. The predicted octanol–water partition coefficient (Wildman–Crippen LogP) is 3.68. The molecule has 0 aromatic carbocycles. The maximum atomic E-state index is 11.2. The van der Waals surface area contributed by atoms with Crippen LogP contribution in [0, 0.1) is 28.4 Å². The van der Waals surface area contributed by atoms with Crippen LogP contribution in [0.2, 0.25) is 0 Å². The van der Waals surface area contributed by atoms with E-state index in [4.69, 9.17) is 4.74 Å². The number of pyridine rings is 1. The maximum Gasteiger partial charge on any atom is 0.198 e. The van der Waals surface area contributed by atoms with E-state index in [0.29, 0.717) is 5.41 Å². The fraction of sp³-hybridized carbons (Fsp3) is 0.688. The van der Waals surface area contributed by atoms with Gasteiger partial charge in [-0.2, -0.15) is 4.73 Å². The summed E-state index contributed by atoms with van der Waals surface area (Å²) in [5.41, 5.74) is 0.414. The number of rotatable bonds is 3. The Labute approximate surface area is 128 Å². The number of hydrogen-bond acceptors (Lipinski definition) is 2. The minimum Gasteiger partial charge on any atom is -0.619 e. The number of aromatic nitrogens is 1. The molecule has 0 amide bonds. The minimum absolute atomic E-state index is 0.414. The largest absolute Gasteiger partial charge is 0.619 e. The Morgan fingerprint density at radius 1 is 1.20 bits per heavy atom. The molecular formula is C16H20BrNO2. The second kappa shape index (κ2) is 4.62. The molecule has 4 aliphatic carbocycles. The van der Waals surface area contributed by atoms with Crippen LogP contribution in [0.3, 0.4) is 0 Å². The van der Waals surface area contributed by atoms with Gasteiger partial charge in [-0.25, -0.2) is 0 Å². The Balaban J connectivity index is 1.49. The van der Waals surface area contributed by atoms with Crippen LogP contribution in [0.5, 0.6) is 5.75 Å². The maximum absolute atomic E-state index is 11.2. The van der Waals surface area contributed by atoms with E-state index in [1.54, 1.807) is 6.07 Å². The van der Waals surface area contributed by atoms with Crippen molar-refractivity contribution in [3.05, 3.63) is 28.1 Å². The molecule has 1 aromatic heterocycles. The highest BCUT2D eigenvalue weighted by Gasteiger charge is 2.51. The van der Waals surface area contributed by atoms with Crippen LogP contribution in [-0.4, -0.2) is 6.61 Å². The third-order valence-corrected chi connectivity index (χ3v) is 6.14. The molecule has 0 atom stereocenters. The zero-order valence-corrected chi connectivity index (χ0v) is 13.1. The van der Waals surface area contributed by atoms with Crippen LogP contribution >= 0.6 is 15.9 Å². The quantitative estimate of drug-likeness (QED) is 0.623. The Morgan fingerprint density at radius 3 is 2.35 bits per heavy atom. The van der Waals surface area contributed by atoms with Gasteiger partial charge in [0.15, 0.2) is 12.4 Å². The summed E-state index contributed by atoms with van der Waals surface area (Å²) in [6.07, 6.45) is 11.5. The first-order chi connectivity index (χ1) is 9.62. The van der Waals surface area contributed by atoms with Gasteiger partial charge in [0.25, 0.3) is 0 Å². The van der Waals surface area contributed by atoms with E-state index >= 15 is 0 Å². The second-order valence-corrected chi connectivity index (χ2v) is 8.08. The van der Waals surface area contributed by atoms with E-state index in [0.717, 1.165) is 39.3 Å². The molecule has 0 unspecified atom stereocenters. The van der Waals surface area contributed by atoms with Crippen LogP contribution in [0.25, 0.3) is 0 Å². The van der Waals surface area contributed by atoms with Crippen molar-refractivity contribution in [2.24, 2.45) is 23.2 Å². The second-order valence-electron chi connectivity index (χ2n) is 7.22. The zero-order chi connectivity index (χ0) is 13.7. The summed E-state index contributed by atoms with van der Waals surface area (Å²) in [7, 11) is 0.